The lowest BCUT2D eigenvalue weighted by molar-refractivity contribution is -0.115. The number of carbonyl (C=O) groups excluding carboxylic acids is 2. The van der Waals surface area contributed by atoms with Crippen LogP contribution in [0, 0.1) is 11.6 Å². The summed E-state index contributed by atoms with van der Waals surface area (Å²) in [7, 11) is 0. The lowest BCUT2D eigenvalue weighted by Gasteiger charge is -2.10. The zero-order valence-electron chi connectivity index (χ0n) is 20.1. The highest BCUT2D eigenvalue weighted by Gasteiger charge is 2.25. The van der Waals surface area contributed by atoms with Gasteiger partial charge in [0.1, 0.15) is 17.3 Å². The first-order valence-corrected chi connectivity index (χ1v) is 12.3. The second-order valence-electron chi connectivity index (χ2n) is 8.84. The Bertz CT molecular complexity index is 1680. The van der Waals surface area contributed by atoms with Crippen molar-refractivity contribution in [3.63, 3.8) is 0 Å². The number of aromatic nitrogens is 1. The fourth-order valence-electron chi connectivity index (χ4n) is 4.06. The van der Waals surface area contributed by atoms with E-state index in [0.29, 0.717) is 11.3 Å². The molecule has 1 aliphatic heterocycles. The minimum Gasteiger partial charge on any atom is -0.506 e. The highest BCUT2D eigenvalue weighted by molar-refractivity contribution is 8.18. The highest BCUT2D eigenvalue weighted by atomic mass is 32.2. The quantitative estimate of drug-likeness (QED) is 0.185. The summed E-state index contributed by atoms with van der Waals surface area (Å²) in [6.07, 6.45) is 1.43. The number of nitrogens with zero attached hydrogens (tertiary/aromatic N) is 3. The van der Waals surface area contributed by atoms with Crippen LogP contribution in [0.4, 0.5) is 25.0 Å². The topological polar surface area (TPSA) is 116 Å². The molecule has 1 fully saturated rings. The number of imide groups is 1. The number of phenols is 1. The standard InChI is InChI=1S/C27H20F2N4O4S/c1-13(2)15-4-6-17(7-5-15)33-24-18(11-16(28)12-19(24)29)23(26(33)36)32-31-20-8-3-14(9-21(20)34)10-22-25(35)30-27(37)38-22/h3-13,34,36H,1-2H3,(H,30,35,37). The third kappa shape index (κ3) is 4.63. The van der Waals surface area contributed by atoms with Crippen LogP contribution in [0.3, 0.4) is 0 Å². The molecule has 0 radical (unpaired) electrons. The fraction of sp³-hybridized carbons (Fsp3) is 0.111. The average molecular weight is 535 g/mol. The summed E-state index contributed by atoms with van der Waals surface area (Å²) in [6.45, 7) is 4.06. The number of carbonyl (C=O) groups is 2. The van der Waals surface area contributed by atoms with E-state index in [0.717, 1.165) is 29.5 Å². The van der Waals surface area contributed by atoms with E-state index < -0.39 is 28.7 Å². The highest BCUT2D eigenvalue weighted by Crippen LogP contribution is 2.43. The van der Waals surface area contributed by atoms with Gasteiger partial charge in [-0.3, -0.25) is 19.5 Å². The molecule has 1 saturated heterocycles. The van der Waals surface area contributed by atoms with Gasteiger partial charge in [0.2, 0.25) is 5.88 Å². The Labute approximate surface area is 219 Å². The lowest BCUT2D eigenvalue weighted by atomic mass is 10.0. The fourth-order valence-corrected chi connectivity index (χ4v) is 4.74. The van der Waals surface area contributed by atoms with E-state index in [-0.39, 0.29) is 38.9 Å². The lowest BCUT2D eigenvalue weighted by Crippen LogP contribution is -2.17. The Morgan fingerprint density at radius 1 is 1.00 bits per heavy atom. The normalized spacial score (nSPS) is 14.9. The number of halogens is 2. The van der Waals surface area contributed by atoms with Crippen molar-refractivity contribution < 1.29 is 28.6 Å². The Morgan fingerprint density at radius 3 is 2.37 bits per heavy atom. The second kappa shape index (κ2) is 9.75. The van der Waals surface area contributed by atoms with Crippen molar-refractivity contribution in [1.29, 1.82) is 0 Å². The maximum atomic E-state index is 14.9. The predicted octanol–water partition coefficient (Wildman–Crippen LogP) is 7.18. The van der Waals surface area contributed by atoms with Gasteiger partial charge in [-0.2, -0.15) is 0 Å². The number of hydrogen-bond acceptors (Lipinski definition) is 7. The van der Waals surface area contributed by atoms with Crippen molar-refractivity contribution in [3.05, 3.63) is 82.3 Å². The Hall–Kier alpha value is -4.51. The molecule has 38 heavy (non-hydrogen) atoms. The van der Waals surface area contributed by atoms with Gasteiger partial charge in [-0.1, -0.05) is 32.0 Å². The van der Waals surface area contributed by atoms with Crippen LogP contribution in [0.25, 0.3) is 22.7 Å². The van der Waals surface area contributed by atoms with Gasteiger partial charge in [0.05, 0.1) is 10.4 Å². The molecular weight excluding hydrogens is 514 g/mol. The molecule has 0 bridgehead atoms. The number of fused-ring (bicyclic) bond motifs is 1. The van der Waals surface area contributed by atoms with Crippen LogP contribution in [-0.4, -0.2) is 25.9 Å². The first-order chi connectivity index (χ1) is 18.1. The Morgan fingerprint density at radius 2 is 1.74 bits per heavy atom. The van der Waals surface area contributed by atoms with E-state index in [1.807, 2.05) is 26.0 Å². The number of nitrogens with one attached hydrogen (secondary N) is 1. The third-order valence-electron chi connectivity index (χ3n) is 5.95. The molecule has 0 unspecified atom stereocenters. The summed E-state index contributed by atoms with van der Waals surface area (Å²) in [6, 6.07) is 13.2. The number of aromatic hydroxyl groups is 2. The molecule has 0 saturated carbocycles. The van der Waals surface area contributed by atoms with E-state index >= 15 is 0 Å². The number of benzene rings is 3. The van der Waals surface area contributed by atoms with Crippen LogP contribution in [0.5, 0.6) is 11.6 Å². The van der Waals surface area contributed by atoms with E-state index in [4.69, 9.17) is 0 Å². The van der Waals surface area contributed by atoms with Crippen molar-refractivity contribution in [2.24, 2.45) is 10.2 Å². The summed E-state index contributed by atoms with van der Waals surface area (Å²) in [5.41, 5.74) is 1.66. The smallest absolute Gasteiger partial charge is 0.290 e. The monoisotopic (exact) mass is 534 g/mol. The van der Waals surface area contributed by atoms with Crippen LogP contribution < -0.4 is 5.32 Å². The van der Waals surface area contributed by atoms with Crippen LogP contribution in [0.15, 0.2) is 69.7 Å². The van der Waals surface area contributed by atoms with E-state index in [1.165, 1.54) is 28.8 Å². The van der Waals surface area contributed by atoms with Crippen LogP contribution >= 0.6 is 11.8 Å². The van der Waals surface area contributed by atoms with Crippen molar-refractivity contribution in [3.8, 4) is 17.3 Å². The number of thioether (sulfide) groups is 1. The van der Waals surface area contributed by atoms with Crippen molar-refractivity contribution >= 4 is 51.3 Å². The third-order valence-corrected chi connectivity index (χ3v) is 6.76. The van der Waals surface area contributed by atoms with E-state index in [2.05, 4.69) is 15.5 Å². The van der Waals surface area contributed by atoms with Crippen LogP contribution in [-0.2, 0) is 4.79 Å². The Balaban J connectivity index is 1.56. The minimum absolute atomic E-state index is 0.00483. The molecule has 3 aromatic carbocycles. The zero-order valence-corrected chi connectivity index (χ0v) is 20.9. The number of amides is 2. The number of rotatable bonds is 5. The molecular formula is C27H20F2N4O4S. The van der Waals surface area contributed by atoms with Crippen molar-refractivity contribution in [1.82, 2.24) is 9.88 Å². The van der Waals surface area contributed by atoms with Gasteiger partial charge in [0.25, 0.3) is 11.1 Å². The molecule has 0 aliphatic carbocycles. The summed E-state index contributed by atoms with van der Waals surface area (Å²) in [5, 5.41) is 31.1. The molecule has 2 heterocycles. The summed E-state index contributed by atoms with van der Waals surface area (Å²) < 4.78 is 30.3. The zero-order chi connectivity index (χ0) is 27.1. The molecule has 4 aromatic rings. The minimum atomic E-state index is -0.891. The second-order valence-corrected chi connectivity index (χ2v) is 9.85. The van der Waals surface area contributed by atoms with Crippen molar-refractivity contribution in [2.45, 2.75) is 19.8 Å². The number of azo groups is 1. The maximum absolute atomic E-state index is 14.9. The number of hydrogen-bond donors (Lipinski definition) is 3. The van der Waals surface area contributed by atoms with Gasteiger partial charge in [-0.15, -0.1) is 10.2 Å². The van der Waals surface area contributed by atoms with Crippen LogP contribution in [0.1, 0.15) is 30.9 Å². The van der Waals surface area contributed by atoms with Gasteiger partial charge in [0.15, 0.2) is 11.5 Å². The molecule has 5 rings (SSSR count). The largest absolute Gasteiger partial charge is 0.506 e. The maximum Gasteiger partial charge on any atom is 0.290 e. The molecule has 1 aliphatic rings. The average Bonchev–Trinajstić information content (AvgIpc) is 3.33. The molecule has 0 spiro atoms. The van der Waals surface area contributed by atoms with Gasteiger partial charge < -0.3 is 10.2 Å². The van der Waals surface area contributed by atoms with Crippen LogP contribution in [0.2, 0.25) is 0 Å². The molecule has 1 aromatic heterocycles. The predicted molar refractivity (Wildman–Crippen MR) is 140 cm³/mol. The first-order valence-electron chi connectivity index (χ1n) is 11.4. The summed E-state index contributed by atoms with van der Waals surface area (Å²) in [5.74, 6) is -2.78. The molecule has 192 valence electrons. The SMILES string of the molecule is CC(C)c1ccc(-n2c(O)c(N=Nc3ccc(C=C4SC(=O)NC4=O)cc3O)c3cc(F)cc(F)c32)cc1. The van der Waals surface area contributed by atoms with Gasteiger partial charge in [-0.05, 0) is 65.2 Å². The van der Waals surface area contributed by atoms with E-state index in [1.54, 1.807) is 12.1 Å². The number of phenolic OH excluding ortho intramolecular Hbond substituents is 1. The molecule has 2 amide bonds. The molecule has 3 N–H and O–H groups in total. The Kier molecular flexibility index (Phi) is 6.45. The van der Waals surface area contributed by atoms with Gasteiger partial charge >= 0.3 is 0 Å². The van der Waals surface area contributed by atoms with Crippen molar-refractivity contribution in [2.75, 3.05) is 0 Å². The molecule has 0 atom stereocenters. The summed E-state index contributed by atoms with van der Waals surface area (Å²) in [4.78, 5) is 23.3. The molecule has 8 nitrogen and oxygen atoms in total. The summed E-state index contributed by atoms with van der Waals surface area (Å²) >= 11 is 0.740. The first kappa shape index (κ1) is 25.2. The van der Waals surface area contributed by atoms with E-state index in [9.17, 15) is 28.6 Å². The van der Waals surface area contributed by atoms with Gasteiger partial charge in [-0.25, -0.2) is 8.78 Å². The molecule has 11 heteroatoms. The van der Waals surface area contributed by atoms with Gasteiger partial charge in [0, 0.05) is 17.1 Å².